The Bertz CT molecular complexity index is 398. The molecule has 0 aliphatic heterocycles. The van der Waals surface area contributed by atoms with Crippen LogP contribution in [-0.2, 0) is 0 Å². The first-order valence-electron chi connectivity index (χ1n) is 5.49. The quantitative estimate of drug-likeness (QED) is 0.792. The number of aromatic nitrogens is 1. The average Bonchev–Trinajstić information content (AvgIpc) is 3.02. The number of oxazole rings is 1. The Balaban J connectivity index is 2.09. The van der Waals surface area contributed by atoms with E-state index in [1.165, 1.54) is 6.39 Å². The molecule has 0 spiro atoms. The van der Waals surface area contributed by atoms with Crippen LogP contribution in [0.3, 0.4) is 0 Å². The fourth-order valence-electron chi connectivity index (χ4n) is 1.88. The zero-order valence-electron chi connectivity index (χ0n) is 9.62. The Labute approximate surface area is 94.4 Å². The summed E-state index contributed by atoms with van der Waals surface area (Å²) in [6, 6.07) is 0. The third-order valence-electron chi connectivity index (χ3n) is 3.25. The standard InChI is InChI=1S/C11H17N3O2/c1-7-9(16-6-13-7)10(15)14-11(2,5-12)8-3-4-8/h6,8H,3-5,12H2,1-2H3,(H,14,15). The lowest BCUT2D eigenvalue weighted by atomic mass is 9.96. The smallest absolute Gasteiger partial charge is 0.289 e. The number of aryl methyl sites for hydroxylation is 1. The van der Waals surface area contributed by atoms with Gasteiger partial charge in [-0.25, -0.2) is 4.98 Å². The summed E-state index contributed by atoms with van der Waals surface area (Å²) >= 11 is 0. The summed E-state index contributed by atoms with van der Waals surface area (Å²) in [6.45, 7) is 4.17. The summed E-state index contributed by atoms with van der Waals surface area (Å²) in [5.41, 5.74) is 6.01. The number of nitrogens with zero attached hydrogens (tertiary/aromatic N) is 1. The van der Waals surface area contributed by atoms with Crippen molar-refractivity contribution in [2.45, 2.75) is 32.2 Å². The molecule has 1 fully saturated rings. The first-order valence-corrected chi connectivity index (χ1v) is 5.49. The maximum absolute atomic E-state index is 11.9. The second-order valence-corrected chi connectivity index (χ2v) is 4.62. The summed E-state index contributed by atoms with van der Waals surface area (Å²) in [6.07, 6.45) is 3.54. The molecule has 0 radical (unpaired) electrons. The van der Waals surface area contributed by atoms with Crippen LogP contribution in [0.15, 0.2) is 10.8 Å². The molecule has 1 saturated carbocycles. The van der Waals surface area contributed by atoms with Crippen LogP contribution in [0.4, 0.5) is 0 Å². The summed E-state index contributed by atoms with van der Waals surface area (Å²) in [5.74, 6) is 0.542. The SMILES string of the molecule is Cc1ncoc1C(=O)NC(C)(CN)C1CC1. The number of carbonyl (C=O) groups excluding carboxylic acids is 1. The van der Waals surface area contributed by atoms with Crippen molar-refractivity contribution in [3.8, 4) is 0 Å². The fraction of sp³-hybridized carbons (Fsp3) is 0.636. The lowest BCUT2D eigenvalue weighted by Gasteiger charge is -2.29. The van der Waals surface area contributed by atoms with Crippen molar-refractivity contribution >= 4 is 5.91 Å². The predicted octanol–water partition coefficient (Wildman–Crippen LogP) is 0.840. The van der Waals surface area contributed by atoms with Crippen LogP contribution in [0.1, 0.15) is 36.0 Å². The zero-order chi connectivity index (χ0) is 11.8. The average molecular weight is 223 g/mol. The van der Waals surface area contributed by atoms with Gasteiger partial charge in [-0.15, -0.1) is 0 Å². The molecule has 2 rings (SSSR count). The third kappa shape index (κ3) is 1.95. The van der Waals surface area contributed by atoms with Gasteiger partial charge in [0.25, 0.3) is 5.91 Å². The summed E-state index contributed by atoms with van der Waals surface area (Å²) in [4.78, 5) is 15.8. The third-order valence-corrected chi connectivity index (χ3v) is 3.25. The molecule has 1 aliphatic carbocycles. The lowest BCUT2D eigenvalue weighted by molar-refractivity contribution is 0.0868. The molecule has 0 bridgehead atoms. The van der Waals surface area contributed by atoms with E-state index < -0.39 is 0 Å². The van der Waals surface area contributed by atoms with Crippen molar-refractivity contribution in [2.24, 2.45) is 11.7 Å². The number of nitrogens with one attached hydrogen (secondary N) is 1. The van der Waals surface area contributed by atoms with Crippen LogP contribution in [0.2, 0.25) is 0 Å². The highest BCUT2D eigenvalue weighted by Crippen LogP contribution is 2.39. The van der Waals surface area contributed by atoms with Gasteiger partial charge < -0.3 is 15.5 Å². The highest BCUT2D eigenvalue weighted by molar-refractivity contribution is 5.92. The number of hydrogen-bond donors (Lipinski definition) is 2. The first-order chi connectivity index (χ1) is 7.57. The fourth-order valence-corrected chi connectivity index (χ4v) is 1.88. The topological polar surface area (TPSA) is 81.2 Å². The molecule has 1 unspecified atom stereocenters. The molecule has 0 aromatic carbocycles. The van der Waals surface area contributed by atoms with Gasteiger partial charge in [-0.3, -0.25) is 4.79 Å². The monoisotopic (exact) mass is 223 g/mol. The molecule has 0 saturated heterocycles. The molecule has 3 N–H and O–H groups in total. The molecule has 1 amide bonds. The van der Waals surface area contributed by atoms with Gasteiger partial charge in [-0.05, 0) is 32.6 Å². The summed E-state index contributed by atoms with van der Waals surface area (Å²) in [5, 5.41) is 2.95. The minimum absolute atomic E-state index is 0.227. The van der Waals surface area contributed by atoms with E-state index >= 15 is 0 Å². The zero-order valence-corrected chi connectivity index (χ0v) is 9.62. The molecule has 1 aromatic heterocycles. The van der Waals surface area contributed by atoms with E-state index in [1.807, 2.05) is 6.92 Å². The predicted molar refractivity (Wildman–Crippen MR) is 58.9 cm³/mol. The van der Waals surface area contributed by atoms with Gasteiger partial charge >= 0.3 is 0 Å². The Morgan fingerprint density at radius 2 is 2.44 bits per heavy atom. The van der Waals surface area contributed by atoms with E-state index in [0.29, 0.717) is 18.2 Å². The van der Waals surface area contributed by atoms with Crippen LogP contribution >= 0.6 is 0 Å². The number of carbonyl (C=O) groups is 1. The van der Waals surface area contributed by atoms with Crippen LogP contribution in [0.25, 0.3) is 0 Å². The van der Waals surface area contributed by atoms with Crippen molar-refractivity contribution < 1.29 is 9.21 Å². The largest absolute Gasteiger partial charge is 0.438 e. The minimum Gasteiger partial charge on any atom is -0.438 e. The van der Waals surface area contributed by atoms with Crippen LogP contribution in [0, 0.1) is 12.8 Å². The maximum atomic E-state index is 11.9. The van der Waals surface area contributed by atoms with Crippen molar-refractivity contribution in [1.29, 1.82) is 0 Å². The minimum atomic E-state index is -0.323. The normalized spacial score (nSPS) is 19.2. The molecular weight excluding hydrogens is 206 g/mol. The number of nitrogens with two attached hydrogens (primary N) is 1. The number of hydrogen-bond acceptors (Lipinski definition) is 4. The summed E-state index contributed by atoms with van der Waals surface area (Å²) < 4.78 is 5.05. The van der Waals surface area contributed by atoms with E-state index in [2.05, 4.69) is 10.3 Å². The molecule has 5 nitrogen and oxygen atoms in total. The van der Waals surface area contributed by atoms with E-state index in [9.17, 15) is 4.79 Å². The van der Waals surface area contributed by atoms with Gasteiger partial charge in [0.15, 0.2) is 6.39 Å². The van der Waals surface area contributed by atoms with Crippen LogP contribution in [-0.4, -0.2) is 23.0 Å². The van der Waals surface area contributed by atoms with Gasteiger partial charge in [-0.1, -0.05) is 0 Å². The molecule has 88 valence electrons. The molecule has 5 heteroatoms. The summed E-state index contributed by atoms with van der Waals surface area (Å²) in [7, 11) is 0. The Hall–Kier alpha value is -1.36. The molecular formula is C11H17N3O2. The van der Waals surface area contributed by atoms with Gasteiger partial charge in [-0.2, -0.15) is 0 Å². The van der Waals surface area contributed by atoms with Gasteiger partial charge in [0, 0.05) is 6.54 Å². The van der Waals surface area contributed by atoms with Gasteiger partial charge in [0.2, 0.25) is 5.76 Å². The molecule has 1 atom stereocenters. The number of rotatable bonds is 4. The Kier molecular flexibility index (Phi) is 2.71. The van der Waals surface area contributed by atoms with Crippen molar-refractivity contribution in [1.82, 2.24) is 10.3 Å². The van der Waals surface area contributed by atoms with E-state index in [4.69, 9.17) is 10.2 Å². The maximum Gasteiger partial charge on any atom is 0.289 e. The van der Waals surface area contributed by atoms with Crippen molar-refractivity contribution in [2.75, 3.05) is 6.54 Å². The number of amides is 1. The Morgan fingerprint density at radius 3 is 2.88 bits per heavy atom. The molecule has 1 aromatic rings. The second-order valence-electron chi connectivity index (χ2n) is 4.62. The highest BCUT2D eigenvalue weighted by Gasteiger charge is 2.42. The van der Waals surface area contributed by atoms with E-state index in [1.54, 1.807) is 6.92 Å². The highest BCUT2D eigenvalue weighted by atomic mass is 16.3. The van der Waals surface area contributed by atoms with Crippen LogP contribution in [0.5, 0.6) is 0 Å². The second kappa shape index (κ2) is 3.90. The van der Waals surface area contributed by atoms with Gasteiger partial charge in [0.1, 0.15) is 0 Å². The van der Waals surface area contributed by atoms with E-state index in [0.717, 1.165) is 12.8 Å². The molecule has 16 heavy (non-hydrogen) atoms. The molecule has 1 heterocycles. The lowest BCUT2D eigenvalue weighted by Crippen LogP contribution is -2.53. The molecule has 1 aliphatic rings. The van der Waals surface area contributed by atoms with Gasteiger partial charge in [0.05, 0.1) is 11.2 Å². The van der Waals surface area contributed by atoms with Crippen LogP contribution < -0.4 is 11.1 Å². The van der Waals surface area contributed by atoms with Crippen molar-refractivity contribution in [3.63, 3.8) is 0 Å². The first kappa shape index (κ1) is 11.1. The van der Waals surface area contributed by atoms with E-state index in [-0.39, 0.29) is 17.2 Å². The van der Waals surface area contributed by atoms with Crippen molar-refractivity contribution in [3.05, 3.63) is 17.8 Å². The Morgan fingerprint density at radius 1 is 1.75 bits per heavy atom.